The fraction of sp³-hybridized carbons (Fsp3) is 0.240. The number of aromatic hydroxyl groups is 1. The highest BCUT2D eigenvalue weighted by molar-refractivity contribution is 5.79. The van der Waals surface area contributed by atoms with Gasteiger partial charge in [0, 0.05) is 43.1 Å². The summed E-state index contributed by atoms with van der Waals surface area (Å²) in [6.45, 7) is 1.31. The molecular weight excluding hydrogens is 431 g/mol. The summed E-state index contributed by atoms with van der Waals surface area (Å²) in [5, 5.41) is 13.6. The number of hydrogen-bond donors (Lipinski definition) is 2. The highest BCUT2D eigenvalue weighted by Gasteiger charge is 2.45. The Bertz CT molecular complexity index is 1150. The standard InChI is InChI=1S/C25H22F3N3O2/c1-2-31-12-4-3-10-24(31,19-6-5-7-21(33)14-19)23-16-30(13-11-29-23)20-9-8-18(17-32)22(15-20)25(26,27)28/h1,3-10,12,14-15,17,23,29,33H,11,13,16H2. The smallest absolute Gasteiger partial charge is 0.417 e. The fourth-order valence-electron chi connectivity index (χ4n) is 4.54. The molecule has 0 spiro atoms. The molecule has 2 aromatic carbocycles. The van der Waals surface area contributed by atoms with Crippen LogP contribution in [0.2, 0.25) is 0 Å². The molecule has 0 aromatic heterocycles. The number of terminal acetylenes is 1. The Hall–Kier alpha value is -3.70. The van der Waals surface area contributed by atoms with E-state index < -0.39 is 22.8 Å². The lowest BCUT2D eigenvalue weighted by Gasteiger charge is -2.49. The van der Waals surface area contributed by atoms with Crippen molar-refractivity contribution < 1.29 is 23.1 Å². The van der Waals surface area contributed by atoms with Crippen LogP contribution in [-0.2, 0) is 11.7 Å². The van der Waals surface area contributed by atoms with Gasteiger partial charge in [-0.2, -0.15) is 13.2 Å². The van der Waals surface area contributed by atoms with Gasteiger partial charge >= 0.3 is 6.18 Å². The lowest BCUT2D eigenvalue weighted by atomic mass is 9.78. The van der Waals surface area contributed by atoms with Crippen molar-refractivity contribution in [3.05, 3.63) is 83.6 Å². The Balaban J connectivity index is 1.75. The molecule has 4 rings (SSSR count). The summed E-state index contributed by atoms with van der Waals surface area (Å²) in [7, 11) is 0. The van der Waals surface area contributed by atoms with Crippen LogP contribution in [0.3, 0.4) is 0 Å². The maximum Gasteiger partial charge on any atom is 0.417 e. The van der Waals surface area contributed by atoms with E-state index in [2.05, 4.69) is 11.4 Å². The Labute approximate surface area is 189 Å². The Morgan fingerprint density at radius 1 is 1.21 bits per heavy atom. The molecular formula is C25H22F3N3O2. The van der Waals surface area contributed by atoms with E-state index in [-0.39, 0.29) is 18.1 Å². The average Bonchev–Trinajstić information content (AvgIpc) is 2.83. The predicted molar refractivity (Wildman–Crippen MR) is 120 cm³/mol. The first-order valence-corrected chi connectivity index (χ1v) is 10.4. The molecule has 2 unspecified atom stereocenters. The first-order valence-electron chi connectivity index (χ1n) is 10.4. The van der Waals surface area contributed by atoms with Crippen LogP contribution in [0.5, 0.6) is 5.75 Å². The maximum atomic E-state index is 13.5. The van der Waals surface area contributed by atoms with Gasteiger partial charge in [-0.05, 0) is 42.0 Å². The molecule has 0 aliphatic carbocycles. The second-order valence-electron chi connectivity index (χ2n) is 7.92. The SMILES string of the molecule is C#CN1C=CC=CC1(c1cccc(O)c1)C1CN(c2ccc(C=O)c(C(F)(F)F)c2)CCN1. The molecule has 2 heterocycles. The van der Waals surface area contributed by atoms with Crippen LogP contribution < -0.4 is 10.2 Å². The van der Waals surface area contributed by atoms with Gasteiger partial charge in [0.05, 0.1) is 11.6 Å². The second-order valence-corrected chi connectivity index (χ2v) is 7.92. The van der Waals surface area contributed by atoms with Crippen molar-refractivity contribution >= 4 is 12.0 Å². The van der Waals surface area contributed by atoms with E-state index in [1.54, 1.807) is 35.4 Å². The van der Waals surface area contributed by atoms with Crippen LogP contribution in [0.1, 0.15) is 21.5 Å². The number of anilines is 1. The Morgan fingerprint density at radius 2 is 2.03 bits per heavy atom. The number of phenols is 1. The molecule has 0 amide bonds. The third-order valence-electron chi connectivity index (χ3n) is 6.08. The summed E-state index contributed by atoms with van der Waals surface area (Å²) < 4.78 is 40.5. The van der Waals surface area contributed by atoms with Gasteiger partial charge in [0.2, 0.25) is 0 Å². The summed E-state index contributed by atoms with van der Waals surface area (Å²) in [5.41, 5.74) is -1.12. The zero-order valence-corrected chi connectivity index (χ0v) is 17.6. The minimum atomic E-state index is -4.64. The largest absolute Gasteiger partial charge is 0.508 e. The number of benzene rings is 2. The number of aldehydes is 1. The molecule has 0 bridgehead atoms. The van der Waals surface area contributed by atoms with Gasteiger partial charge in [-0.25, -0.2) is 0 Å². The number of carbonyl (C=O) groups excluding carboxylic acids is 1. The predicted octanol–water partition coefficient (Wildman–Crippen LogP) is 3.87. The monoisotopic (exact) mass is 453 g/mol. The molecule has 0 saturated carbocycles. The summed E-state index contributed by atoms with van der Waals surface area (Å²) >= 11 is 0. The summed E-state index contributed by atoms with van der Waals surface area (Å²) in [6.07, 6.45) is 8.76. The first-order chi connectivity index (χ1) is 15.8. The summed E-state index contributed by atoms with van der Waals surface area (Å²) in [6, 6.07) is 12.9. The van der Waals surface area contributed by atoms with Crippen molar-refractivity contribution in [2.45, 2.75) is 17.8 Å². The topological polar surface area (TPSA) is 55.8 Å². The highest BCUT2D eigenvalue weighted by Crippen LogP contribution is 2.40. The lowest BCUT2D eigenvalue weighted by Crippen LogP contribution is -2.63. The minimum Gasteiger partial charge on any atom is -0.508 e. The van der Waals surface area contributed by atoms with Crippen molar-refractivity contribution in [2.24, 2.45) is 0 Å². The molecule has 2 atom stereocenters. The number of allylic oxidation sites excluding steroid dienone is 2. The molecule has 2 N–H and O–H groups in total. The van der Waals surface area contributed by atoms with Crippen LogP contribution in [-0.4, -0.2) is 42.0 Å². The maximum absolute atomic E-state index is 13.5. The first kappa shape index (κ1) is 22.5. The van der Waals surface area contributed by atoms with Gasteiger partial charge in [-0.3, -0.25) is 9.69 Å². The number of hydrogen-bond acceptors (Lipinski definition) is 5. The van der Waals surface area contributed by atoms with Gasteiger partial charge in [0.1, 0.15) is 11.3 Å². The van der Waals surface area contributed by atoms with Crippen LogP contribution in [0.4, 0.5) is 18.9 Å². The zero-order chi connectivity index (χ0) is 23.6. The fourth-order valence-corrected chi connectivity index (χ4v) is 4.54. The van der Waals surface area contributed by atoms with Gasteiger partial charge in [0.25, 0.3) is 0 Å². The van der Waals surface area contributed by atoms with Crippen LogP contribution in [0.25, 0.3) is 0 Å². The average molecular weight is 453 g/mol. The quantitative estimate of drug-likeness (QED) is 0.544. The molecule has 5 nitrogen and oxygen atoms in total. The molecule has 8 heteroatoms. The van der Waals surface area contributed by atoms with E-state index in [0.29, 0.717) is 25.3 Å². The molecule has 2 aliphatic rings. The summed E-state index contributed by atoms with van der Waals surface area (Å²) in [5.74, 6) is 0.0822. The van der Waals surface area contributed by atoms with Gasteiger partial charge in [-0.15, -0.1) is 0 Å². The van der Waals surface area contributed by atoms with E-state index in [1.165, 1.54) is 12.1 Å². The van der Waals surface area contributed by atoms with Crippen molar-refractivity contribution in [3.8, 4) is 18.2 Å². The Morgan fingerprint density at radius 3 is 2.73 bits per heavy atom. The van der Waals surface area contributed by atoms with Gasteiger partial charge in [-0.1, -0.05) is 30.7 Å². The van der Waals surface area contributed by atoms with Crippen LogP contribution in [0, 0.1) is 12.5 Å². The molecule has 33 heavy (non-hydrogen) atoms. The Kier molecular flexibility index (Phi) is 5.91. The number of rotatable bonds is 4. The highest BCUT2D eigenvalue weighted by atomic mass is 19.4. The van der Waals surface area contributed by atoms with Crippen molar-refractivity contribution in [1.29, 1.82) is 0 Å². The number of piperazine rings is 1. The van der Waals surface area contributed by atoms with Crippen molar-refractivity contribution in [2.75, 3.05) is 24.5 Å². The summed E-state index contributed by atoms with van der Waals surface area (Å²) in [4.78, 5) is 14.7. The number of nitrogens with zero attached hydrogens (tertiary/aromatic N) is 2. The van der Waals surface area contributed by atoms with E-state index in [1.807, 2.05) is 23.1 Å². The molecule has 170 valence electrons. The van der Waals surface area contributed by atoms with E-state index in [4.69, 9.17) is 6.42 Å². The second kappa shape index (κ2) is 8.68. The van der Waals surface area contributed by atoms with E-state index in [9.17, 15) is 23.1 Å². The van der Waals surface area contributed by atoms with Crippen LogP contribution >= 0.6 is 0 Å². The normalized spacial score (nSPS) is 22.8. The molecule has 2 aromatic rings. The van der Waals surface area contributed by atoms with Gasteiger partial charge in [0.15, 0.2) is 6.29 Å². The third-order valence-corrected chi connectivity index (χ3v) is 6.08. The molecule has 2 aliphatic heterocycles. The zero-order valence-electron chi connectivity index (χ0n) is 17.6. The number of carbonyl (C=O) groups is 1. The number of halogens is 3. The van der Waals surface area contributed by atoms with Crippen molar-refractivity contribution in [3.63, 3.8) is 0 Å². The lowest BCUT2D eigenvalue weighted by molar-refractivity contribution is -0.137. The number of alkyl halides is 3. The van der Waals surface area contributed by atoms with Crippen LogP contribution in [0.15, 0.2) is 66.9 Å². The number of phenolic OH excluding ortho intramolecular Hbond substituents is 1. The molecule has 0 radical (unpaired) electrons. The van der Waals surface area contributed by atoms with E-state index >= 15 is 0 Å². The van der Waals surface area contributed by atoms with E-state index in [0.717, 1.165) is 11.6 Å². The third kappa shape index (κ3) is 4.08. The molecule has 1 saturated heterocycles. The minimum absolute atomic E-state index is 0.0822. The molecule has 1 fully saturated rings. The number of nitrogens with one attached hydrogen (secondary N) is 1. The van der Waals surface area contributed by atoms with Crippen molar-refractivity contribution in [1.82, 2.24) is 10.2 Å². The van der Waals surface area contributed by atoms with Gasteiger partial charge < -0.3 is 15.3 Å².